The van der Waals surface area contributed by atoms with Gasteiger partial charge in [0.2, 0.25) is 0 Å². The molecule has 0 atom stereocenters. The lowest BCUT2D eigenvalue weighted by Gasteiger charge is -2.10. The van der Waals surface area contributed by atoms with E-state index in [9.17, 15) is 9.59 Å². The zero-order valence-electron chi connectivity index (χ0n) is 11.0. The van der Waals surface area contributed by atoms with Crippen molar-refractivity contribution in [1.82, 2.24) is 0 Å². The highest BCUT2D eigenvalue weighted by molar-refractivity contribution is 6.42. The Kier molecular flexibility index (Phi) is 4.50. The molecule has 6 heteroatoms. The predicted molar refractivity (Wildman–Crippen MR) is 82.6 cm³/mol. The zero-order valence-corrected chi connectivity index (χ0v) is 12.5. The molecule has 2 N–H and O–H groups in total. The third-order valence-electron chi connectivity index (χ3n) is 2.99. The molecule has 2 aromatic carbocycles. The first kappa shape index (κ1) is 15.4. The maximum Gasteiger partial charge on any atom is 0.336 e. The van der Waals surface area contributed by atoms with Gasteiger partial charge in [0.25, 0.3) is 5.91 Å². The van der Waals surface area contributed by atoms with E-state index >= 15 is 0 Å². The van der Waals surface area contributed by atoms with Crippen LogP contribution in [0.5, 0.6) is 0 Å². The molecule has 0 spiro atoms. The van der Waals surface area contributed by atoms with E-state index in [-0.39, 0.29) is 16.5 Å². The van der Waals surface area contributed by atoms with Crippen LogP contribution in [0.2, 0.25) is 10.0 Å². The number of nitrogens with one attached hydrogen (secondary N) is 1. The Balaban J connectivity index is 2.29. The number of hydrogen-bond donors (Lipinski definition) is 2. The van der Waals surface area contributed by atoms with E-state index in [2.05, 4.69) is 5.32 Å². The normalized spacial score (nSPS) is 10.2. The Morgan fingerprint density at radius 3 is 2.43 bits per heavy atom. The first-order valence-corrected chi connectivity index (χ1v) is 6.75. The van der Waals surface area contributed by atoms with Gasteiger partial charge in [-0.05, 0) is 42.8 Å². The molecule has 0 saturated carbocycles. The molecule has 21 heavy (non-hydrogen) atoms. The van der Waals surface area contributed by atoms with Crippen LogP contribution < -0.4 is 5.32 Å². The summed E-state index contributed by atoms with van der Waals surface area (Å²) in [6.45, 7) is 1.63. The van der Waals surface area contributed by atoms with Crippen LogP contribution >= 0.6 is 23.2 Å². The topological polar surface area (TPSA) is 66.4 Å². The third-order valence-corrected chi connectivity index (χ3v) is 3.73. The first-order chi connectivity index (χ1) is 9.90. The molecular weight excluding hydrogens is 313 g/mol. The second-order valence-corrected chi connectivity index (χ2v) is 5.18. The Labute approximate surface area is 131 Å². The standard InChI is InChI=1S/C15H11Cl2NO3/c1-8-10(15(20)21)3-2-4-13(8)18-14(19)9-5-6-11(16)12(17)7-9/h2-7H,1H3,(H,18,19)(H,20,21). The largest absolute Gasteiger partial charge is 0.478 e. The summed E-state index contributed by atoms with van der Waals surface area (Å²) < 4.78 is 0. The third kappa shape index (κ3) is 3.35. The van der Waals surface area contributed by atoms with Gasteiger partial charge in [0.15, 0.2) is 0 Å². The molecule has 0 bridgehead atoms. The lowest BCUT2D eigenvalue weighted by molar-refractivity contribution is 0.0695. The molecular formula is C15H11Cl2NO3. The number of carboxylic acids is 1. The van der Waals surface area contributed by atoms with Gasteiger partial charge in [0.1, 0.15) is 0 Å². The molecule has 0 radical (unpaired) electrons. The molecule has 1 amide bonds. The number of amides is 1. The fourth-order valence-electron chi connectivity index (χ4n) is 1.83. The summed E-state index contributed by atoms with van der Waals surface area (Å²) in [5, 5.41) is 12.4. The van der Waals surface area contributed by atoms with Crippen molar-refractivity contribution >= 4 is 40.8 Å². The van der Waals surface area contributed by atoms with Gasteiger partial charge in [-0.3, -0.25) is 4.79 Å². The summed E-state index contributed by atoms with van der Waals surface area (Å²) in [6, 6.07) is 9.21. The Morgan fingerprint density at radius 1 is 1.10 bits per heavy atom. The number of halogens is 2. The van der Waals surface area contributed by atoms with E-state index in [1.807, 2.05) is 0 Å². The highest BCUT2D eigenvalue weighted by Gasteiger charge is 2.13. The van der Waals surface area contributed by atoms with Gasteiger partial charge in [-0.1, -0.05) is 29.3 Å². The minimum Gasteiger partial charge on any atom is -0.478 e. The van der Waals surface area contributed by atoms with Gasteiger partial charge in [-0.15, -0.1) is 0 Å². The highest BCUT2D eigenvalue weighted by atomic mass is 35.5. The molecule has 0 fully saturated rings. The quantitative estimate of drug-likeness (QED) is 0.887. The molecule has 0 saturated heterocycles. The molecule has 108 valence electrons. The number of anilines is 1. The Morgan fingerprint density at radius 2 is 1.81 bits per heavy atom. The van der Waals surface area contributed by atoms with E-state index in [1.54, 1.807) is 25.1 Å². The SMILES string of the molecule is Cc1c(NC(=O)c2ccc(Cl)c(Cl)c2)cccc1C(=O)O. The van der Waals surface area contributed by atoms with Crippen molar-refractivity contribution in [3.8, 4) is 0 Å². The van der Waals surface area contributed by atoms with Gasteiger partial charge in [0, 0.05) is 11.3 Å². The lowest BCUT2D eigenvalue weighted by atomic mass is 10.1. The smallest absolute Gasteiger partial charge is 0.336 e. The van der Waals surface area contributed by atoms with Crippen LogP contribution in [0, 0.1) is 6.92 Å². The van der Waals surface area contributed by atoms with Gasteiger partial charge in [0.05, 0.1) is 15.6 Å². The number of carboxylic acid groups (broad SMARTS) is 1. The minimum atomic E-state index is -1.04. The van der Waals surface area contributed by atoms with E-state index in [4.69, 9.17) is 28.3 Å². The van der Waals surface area contributed by atoms with Gasteiger partial charge >= 0.3 is 5.97 Å². The number of rotatable bonds is 3. The molecule has 0 aliphatic carbocycles. The van der Waals surface area contributed by atoms with Crippen LogP contribution in [0.1, 0.15) is 26.3 Å². The monoisotopic (exact) mass is 323 g/mol. The molecule has 4 nitrogen and oxygen atoms in total. The summed E-state index contributed by atoms with van der Waals surface area (Å²) in [5.74, 6) is -1.43. The first-order valence-electron chi connectivity index (χ1n) is 5.99. The van der Waals surface area contributed by atoms with Crippen LogP contribution in [0.25, 0.3) is 0 Å². The van der Waals surface area contributed by atoms with Crippen LogP contribution in [-0.4, -0.2) is 17.0 Å². The molecule has 0 aromatic heterocycles. The van der Waals surface area contributed by atoms with Gasteiger partial charge < -0.3 is 10.4 Å². The highest BCUT2D eigenvalue weighted by Crippen LogP contribution is 2.24. The van der Waals surface area contributed by atoms with Crippen molar-refractivity contribution in [3.63, 3.8) is 0 Å². The van der Waals surface area contributed by atoms with E-state index in [0.717, 1.165) is 0 Å². The second kappa shape index (κ2) is 6.16. The van der Waals surface area contributed by atoms with Crippen molar-refractivity contribution in [2.24, 2.45) is 0 Å². The number of hydrogen-bond acceptors (Lipinski definition) is 2. The summed E-state index contributed by atoms with van der Waals surface area (Å²) in [4.78, 5) is 23.2. The predicted octanol–water partition coefficient (Wildman–Crippen LogP) is 4.25. The van der Waals surface area contributed by atoms with Crippen molar-refractivity contribution < 1.29 is 14.7 Å². The molecule has 2 aromatic rings. The number of aromatic carboxylic acids is 1. The van der Waals surface area contributed by atoms with E-state index in [1.165, 1.54) is 18.2 Å². The molecule has 0 aliphatic heterocycles. The summed E-state index contributed by atoms with van der Waals surface area (Å²) >= 11 is 11.7. The van der Waals surface area contributed by atoms with Gasteiger partial charge in [-0.25, -0.2) is 4.79 Å². The van der Waals surface area contributed by atoms with Crippen molar-refractivity contribution in [1.29, 1.82) is 0 Å². The lowest BCUT2D eigenvalue weighted by Crippen LogP contribution is -2.14. The van der Waals surface area contributed by atoms with Crippen LogP contribution in [0.4, 0.5) is 5.69 Å². The number of benzene rings is 2. The molecule has 0 heterocycles. The fraction of sp³-hybridized carbons (Fsp3) is 0.0667. The van der Waals surface area contributed by atoms with Crippen LogP contribution in [0.3, 0.4) is 0 Å². The molecule has 2 rings (SSSR count). The van der Waals surface area contributed by atoms with Crippen molar-refractivity contribution in [2.75, 3.05) is 5.32 Å². The average Bonchev–Trinajstić information content (AvgIpc) is 2.43. The molecule has 0 aliphatic rings. The fourth-order valence-corrected chi connectivity index (χ4v) is 2.13. The van der Waals surface area contributed by atoms with E-state index in [0.29, 0.717) is 21.8 Å². The maximum absolute atomic E-state index is 12.2. The van der Waals surface area contributed by atoms with Gasteiger partial charge in [-0.2, -0.15) is 0 Å². The summed E-state index contributed by atoms with van der Waals surface area (Å²) in [7, 11) is 0. The average molecular weight is 324 g/mol. The number of carbonyl (C=O) groups excluding carboxylic acids is 1. The van der Waals surface area contributed by atoms with Crippen LogP contribution in [-0.2, 0) is 0 Å². The summed E-state index contributed by atoms with van der Waals surface area (Å²) in [5.41, 5.74) is 1.40. The van der Waals surface area contributed by atoms with Crippen LogP contribution in [0.15, 0.2) is 36.4 Å². The maximum atomic E-state index is 12.2. The van der Waals surface area contributed by atoms with Crippen molar-refractivity contribution in [3.05, 3.63) is 63.1 Å². The minimum absolute atomic E-state index is 0.141. The molecule has 0 unspecified atom stereocenters. The Hall–Kier alpha value is -2.04. The Bertz CT molecular complexity index is 729. The second-order valence-electron chi connectivity index (χ2n) is 4.37. The summed E-state index contributed by atoms with van der Waals surface area (Å²) in [6.07, 6.45) is 0. The van der Waals surface area contributed by atoms with Crippen molar-refractivity contribution in [2.45, 2.75) is 6.92 Å². The number of carbonyl (C=O) groups is 2. The van der Waals surface area contributed by atoms with E-state index < -0.39 is 5.97 Å². The zero-order chi connectivity index (χ0) is 15.6.